The van der Waals surface area contributed by atoms with Crippen LogP contribution in [-0.2, 0) is 26.4 Å². The van der Waals surface area contributed by atoms with E-state index in [1.54, 1.807) is 19.9 Å². The molecule has 0 unspecified atom stereocenters. The third-order valence-electron chi connectivity index (χ3n) is 7.59. The number of para-hydroxylation sites is 1. The second-order valence-electron chi connectivity index (χ2n) is 10.7. The van der Waals surface area contributed by atoms with Gasteiger partial charge in [-0.3, -0.25) is 9.36 Å². The van der Waals surface area contributed by atoms with Crippen molar-refractivity contribution in [2.75, 3.05) is 13.7 Å². The van der Waals surface area contributed by atoms with Gasteiger partial charge in [-0.25, -0.2) is 19.0 Å². The molecule has 1 aliphatic carbocycles. The molecule has 0 aliphatic heterocycles. The molecule has 4 rings (SSSR count). The summed E-state index contributed by atoms with van der Waals surface area (Å²) in [5, 5.41) is 20.0. The first kappa shape index (κ1) is 30.5. The Labute approximate surface area is 240 Å². The molecule has 0 amide bonds. The van der Waals surface area contributed by atoms with Crippen molar-refractivity contribution in [3.05, 3.63) is 61.1 Å². The molecule has 0 bridgehead atoms. The van der Waals surface area contributed by atoms with Crippen molar-refractivity contribution in [2.45, 2.75) is 83.8 Å². The van der Waals surface area contributed by atoms with E-state index < -0.39 is 34.8 Å². The van der Waals surface area contributed by atoms with Gasteiger partial charge in [0.1, 0.15) is 27.1 Å². The molecule has 0 radical (unpaired) electrons. The largest absolute Gasteiger partial charge is 0.496 e. The number of aliphatic hydroxyl groups is 1. The zero-order chi connectivity index (χ0) is 30.1. The maximum atomic E-state index is 14.1. The highest BCUT2D eigenvalue weighted by Crippen LogP contribution is 2.35. The van der Waals surface area contributed by atoms with E-state index in [0.29, 0.717) is 42.6 Å². The van der Waals surface area contributed by atoms with Gasteiger partial charge in [-0.2, -0.15) is 0 Å². The highest BCUT2D eigenvalue weighted by atomic mass is 32.1. The molecule has 1 atom stereocenters. The molecule has 1 aromatic carbocycles. The fourth-order valence-electron chi connectivity index (χ4n) is 5.21. The van der Waals surface area contributed by atoms with Gasteiger partial charge in [0, 0.05) is 5.56 Å². The number of rotatable bonds is 10. The number of methoxy groups -OCH3 is 1. The first-order valence-corrected chi connectivity index (χ1v) is 14.4. The molecular formula is C29H36N2O9S. The number of thiophene rings is 1. The third kappa shape index (κ3) is 5.81. The molecular weight excluding hydrogens is 552 g/mol. The van der Waals surface area contributed by atoms with Crippen LogP contribution >= 0.6 is 11.3 Å². The zero-order valence-corrected chi connectivity index (χ0v) is 24.7. The molecule has 1 aliphatic rings. The van der Waals surface area contributed by atoms with E-state index in [9.17, 15) is 29.4 Å². The Balaban J connectivity index is 1.97. The number of carboxylic acid groups (broad SMARTS) is 1. The van der Waals surface area contributed by atoms with E-state index in [1.165, 1.54) is 25.5 Å². The van der Waals surface area contributed by atoms with E-state index in [2.05, 4.69) is 0 Å². The van der Waals surface area contributed by atoms with Crippen LogP contribution in [0.5, 0.6) is 5.75 Å². The summed E-state index contributed by atoms with van der Waals surface area (Å²) in [6, 6.07) is 7.23. The Morgan fingerprint density at radius 1 is 1.15 bits per heavy atom. The molecule has 3 aromatic rings. The molecule has 1 saturated carbocycles. The van der Waals surface area contributed by atoms with Crippen LogP contribution in [0.15, 0.2) is 33.9 Å². The number of aliphatic carboxylic acids is 1. The lowest BCUT2D eigenvalue weighted by molar-refractivity contribution is -0.146. The first-order chi connectivity index (χ1) is 19.4. The number of carbonyl (C=O) groups is 2. The Kier molecular flexibility index (Phi) is 9.05. The topological polar surface area (TPSA) is 146 Å². The van der Waals surface area contributed by atoms with Crippen LogP contribution in [0.4, 0.5) is 0 Å². The molecule has 12 heteroatoms. The number of carbonyl (C=O) groups excluding carboxylic acids is 1. The predicted octanol–water partition coefficient (Wildman–Crippen LogP) is 3.60. The summed E-state index contributed by atoms with van der Waals surface area (Å²) in [4.78, 5) is 53.2. The molecule has 2 aromatic heterocycles. The molecule has 2 heterocycles. The number of ether oxygens (including phenoxy) is 3. The lowest BCUT2D eigenvalue weighted by Crippen LogP contribution is -2.52. The van der Waals surface area contributed by atoms with Gasteiger partial charge in [-0.1, -0.05) is 18.2 Å². The Morgan fingerprint density at radius 3 is 2.41 bits per heavy atom. The minimum Gasteiger partial charge on any atom is -0.496 e. The lowest BCUT2D eigenvalue weighted by atomic mass is 9.94. The third-order valence-corrected chi connectivity index (χ3v) is 8.89. The highest BCUT2D eigenvalue weighted by molar-refractivity contribution is 7.20. The molecule has 0 saturated heterocycles. The van der Waals surface area contributed by atoms with Crippen molar-refractivity contribution in [1.29, 1.82) is 0 Å². The smallest absolute Gasteiger partial charge is 0.348 e. The fraction of sp³-hybridized carbons (Fsp3) is 0.517. The molecule has 0 spiro atoms. The summed E-state index contributed by atoms with van der Waals surface area (Å²) in [6.07, 6.45) is 1.07. The van der Waals surface area contributed by atoms with E-state index in [1.807, 2.05) is 18.2 Å². The van der Waals surface area contributed by atoms with Gasteiger partial charge >= 0.3 is 17.6 Å². The van der Waals surface area contributed by atoms with Crippen molar-refractivity contribution in [2.24, 2.45) is 0 Å². The summed E-state index contributed by atoms with van der Waals surface area (Å²) in [7, 11) is 1.53. The number of nitrogens with zero attached hydrogens (tertiary/aromatic N) is 2. The normalized spacial score (nSPS) is 18.3. The van der Waals surface area contributed by atoms with Gasteiger partial charge in [0.2, 0.25) is 0 Å². The molecule has 2 N–H and O–H groups in total. The highest BCUT2D eigenvalue weighted by Gasteiger charge is 2.36. The molecule has 11 nitrogen and oxygen atoms in total. The number of benzene rings is 1. The monoisotopic (exact) mass is 588 g/mol. The number of carboxylic acids is 1. The minimum absolute atomic E-state index is 0.0755. The van der Waals surface area contributed by atoms with E-state index in [0.717, 1.165) is 15.9 Å². The standard InChI is InChI=1S/C29H36N2O9S/c1-6-39-26(34)23-16(2)22-24(33)31(29(3,4)27(35)36)28(37)30(25(22)41-23)15-21(19-9-7-8-10-20(19)38-5)40-18-13-11-17(32)12-14-18/h7-10,17-18,21,32H,6,11-15H2,1-5H3,(H,35,36)/t17-,18+,21-/m0/s1. The maximum Gasteiger partial charge on any atom is 0.348 e. The van der Waals surface area contributed by atoms with Crippen LogP contribution in [0.25, 0.3) is 10.2 Å². The summed E-state index contributed by atoms with van der Waals surface area (Å²) >= 11 is 0.956. The number of aryl methyl sites for hydroxylation is 1. The van der Waals surface area contributed by atoms with Crippen molar-refractivity contribution >= 4 is 33.5 Å². The van der Waals surface area contributed by atoms with Crippen LogP contribution < -0.4 is 16.0 Å². The summed E-state index contributed by atoms with van der Waals surface area (Å²) in [6.45, 7) is 5.84. The second kappa shape index (κ2) is 12.2. The van der Waals surface area contributed by atoms with E-state index in [-0.39, 0.29) is 40.5 Å². The van der Waals surface area contributed by atoms with Crippen LogP contribution in [0.3, 0.4) is 0 Å². The number of hydrogen-bond acceptors (Lipinski definition) is 9. The van der Waals surface area contributed by atoms with Crippen LogP contribution in [-0.4, -0.2) is 57.2 Å². The Morgan fingerprint density at radius 2 is 1.80 bits per heavy atom. The van der Waals surface area contributed by atoms with Gasteiger partial charge in [-0.15, -0.1) is 11.3 Å². The van der Waals surface area contributed by atoms with Crippen molar-refractivity contribution in [3.8, 4) is 5.75 Å². The van der Waals surface area contributed by atoms with Crippen LogP contribution in [0.2, 0.25) is 0 Å². The average Bonchev–Trinajstić information content (AvgIpc) is 3.28. The predicted molar refractivity (Wildman–Crippen MR) is 153 cm³/mol. The lowest BCUT2D eigenvalue weighted by Gasteiger charge is -2.31. The number of aromatic nitrogens is 2. The quantitative estimate of drug-likeness (QED) is 0.339. The summed E-state index contributed by atoms with van der Waals surface area (Å²) < 4.78 is 19.4. The Hall–Kier alpha value is -3.48. The zero-order valence-electron chi connectivity index (χ0n) is 23.8. The van der Waals surface area contributed by atoms with Crippen LogP contribution in [0.1, 0.15) is 73.4 Å². The van der Waals surface area contributed by atoms with E-state index >= 15 is 0 Å². The SMILES string of the molecule is CCOC(=O)c1sc2c(c1C)c(=O)n(C(C)(C)C(=O)O)c(=O)n2C[C@H](O[C@H]1CC[C@@H](O)CC1)c1ccccc1OC. The van der Waals surface area contributed by atoms with Gasteiger partial charge in [0.05, 0.1) is 37.9 Å². The minimum atomic E-state index is -1.89. The fourth-order valence-corrected chi connectivity index (χ4v) is 6.41. The van der Waals surface area contributed by atoms with Gasteiger partial charge < -0.3 is 24.4 Å². The number of aliphatic hydroxyl groups excluding tert-OH is 1. The number of esters is 1. The van der Waals surface area contributed by atoms with E-state index in [4.69, 9.17) is 14.2 Å². The van der Waals surface area contributed by atoms with Crippen LogP contribution in [0, 0.1) is 6.92 Å². The number of hydrogen-bond donors (Lipinski definition) is 2. The van der Waals surface area contributed by atoms with Crippen molar-refractivity contribution in [3.63, 3.8) is 0 Å². The second-order valence-corrected chi connectivity index (χ2v) is 11.7. The summed E-state index contributed by atoms with van der Waals surface area (Å²) in [5.74, 6) is -1.46. The van der Waals surface area contributed by atoms with Crippen molar-refractivity contribution in [1.82, 2.24) is 9.13 Å². The maximum absolute atomic E-state index is 14.1. The Bertz CT molecular complexity index is 1560. The number of fused-ring (bicyclic) bond motifs is 1. The van der Waals surface area contributed by atoms with Gasteiger partial charge in [0.25, 0.3) is 5.56 Å². The summed E-state index contributed by atoms with van der Waals surface area (Å²) in [5.41, 5.74) is -2.55. The molecule has 222 valence electrons. The molecule has 1 fully saturated rings. The molecule has 41 heavy (non-hydrogen) atoms. The average molecular weight is 589 g/mol. The van der Waals surface area contributed by atoms with Crippen molar-refractivity contribution < 1.29 is 34.0 Å². The van der Waals surface area contributed by atoms with Gasteiger partial charge in [0.15, 0.2) is 0 Å². The van der Waals surface area contributed by atoms with Gasteiger partial charge in [-0.05, 0) is 65.0 Å². The first-order valence-electron chi connectivity index (χ1n) is 13.6.